The summed E-state index contributed by atoms with van der Waals surface area (Å²) in [5.41, 5.74) is 0. The Morgan fingerprint density at radius 1 is 1.31 bits per heavy atom. The molecule has 0 aromatic carbocycles. The zero-order valence-corrected chi connectivity index (χ0v) is 9.67. The molecule has 0 amide bonds. The number of hydrogen-bond donors (Lipinski definition) is 0. The largest absolute Gasteiger partial charge is 0.299 e. The molecule has 1 nitrogen and oxygen atoms in total. The van der Waals surface area contributed by atoms with Crippen LogP contribution in [-0.4, -0.2) is 29.4 Å². The van der Waals surface area contributed by atoms with E-state index in [1.807, 2.05) is 6.08 Å². The molecule has 0 radical (unpaired) electrons. The molecule has 0 bridgehead atoms. The standard InChI is InChI=1S/C11H18BrN/c1-2-5-13-7-9-3-4-11(12)6-10(9)8-13/h2,9-11H,1,3-8H2. The minimum Gasteiger partial charge on any atom is -0.299 e. The van der Waals surface area contributed by atoms with Crippen molar-refractivity contribution in [3.63, 3.8) is 0 Å². The third-order valence-corrected chi connectivity index (χ3v) is 4.28. The van der Waals surface area contributed by atoms with Gasteiger partial charge in [-0.1, -0.05) is 22.0 Å². The Bertz CT molecular complexity index is 193. The second kappa shape index (κ2) is 4.14. The number of hydrogen-bond acceptors (Lipinski definition) is 1. The maximum absolute atomic E-state index is 3.81. The first-order chi connectivity index (χ1) is 6.29. The maximum atomic E-state index is 3.81. The predicted molar refractivity (Wildman–Crippen MR) is 60.2 cm³/mol. The molecular formula is C11H18BrN. The average Bonchev–Trinajstić information content (AvgIpc) is 2.46. The molecular weight excluding hydrogens is 226 g/mol. The number of likely N-dealkylation sites (tertiary alicyclic amines) is 1. The Morgan fingerprint density at radius 2 is 2.08 bits per heavy atom. The summed E-state index contributed by atoms with van der Waals surface area (Å²) in [6.07, 6.45) is 6.22. The quantitative estimate of drug-likeness (QED) is 0.533. The highest BCUT2D eigenvalue weighted by molar-refractivity contribution is 9.09. The van der Waals surface area contributed by atoms with Gasteiger partial charge in [-0.25, -0.2) is 0 Å². The van der Waals surface area contributed by atoms with Gasteiger partial charge in [-0.2, -0.15) is 0 Å². The van der Waals surface area contributed by atoms with Crippen LogP contribution in [0.1, 0.15) is 19.3 Å². The Labute approximate surface area is 89.3 Å². The van der Waals surface area contributed by atoms with E-state index in [9.17, 15) is 0 Å². The van der Waals surface area contributed by atoms with Crippen molar-refractivity contribution in [1.29, 1.82) is 0 Å². The van der Waals surface area contributed by atoms with E-state index >= 15 is 0 Å². The minimum absolute atomic E-state index is 0.789. The summed E-state index contributed by atoms with van der Waals surface area (Å²) in [6.45, 7) is 7.51. The van der Waals surface area contributed by atoms with Crippen LogP contribution in [0.4, 0.5) is 0 Å². The maximum Gasteiger partial charge on any atom is 0.0160 e. The van der Waals surface area contributed by atoms with E-state index in [1.165, 1.54) is 32.4 Å². The van der Waals surface area contributed by atoms with E-state index in [1.54, 1.807) is 0 Å². The second-order valence-corrected chi connectivity index (χ2v) is 5.73. The summed E-state index contributed by atoms with van der Waals surface area (Å²) in [5.74, 6) is 1.94. The topological polar surface area (TPSA) is 3.24 Å². The lowest BCUT2D eigenvalue weighted by Crippen LogP contribution is -2.23. The molecule has 1 aliphatic heterocycles. The summed E-state index contributed by atoms with van der Waals surface area (Å²) in [5, 5.41) is 0. The molecule has 2 fully saturated rings. The van der Waals surface area contributed by atoms with Gasteiger partial charge in [0.15, 0.2) is 0 Å². The average molecular weight is 244 g/mol. The summed E-state index contributed by atoms with van der Waals surface area (Å²) in [6, 6.07) is 0. The zero-order valence-electron chi connectivity index (χ0n) is 8.08. The molecule has 1 saturated heterocycles. The zero-order chi connectivity index (χ0) is 9.26. The van der Waals surface area contributed by atoms with Crippen LogP contribution < -0.4 is 0 Å². The van der Waals surface area contributed by atoms with Crippen LogP contribution in [0.15, 0.2) is 12.7 Å². The molecule has 3 unspecified atom stereocenters. The Balaban J connectivity index is 1.90. The van der Waals surface area contributed by atoms with Gasteiger partial charge in [0.1, 0.15) is 0 Å². The highest BCUT2D eigenvalue weighted by Crippen LogP contribution is 2.38. The summed E-state index contributed by atoms with van der Waals surface area (Å²) >= 11 is 3.74. The lowest BCUT2D eigenvalue weighted by Gasteiger charge is -2.27. The van der Waals surface area contributed by atoms with Gasteiger partial charge in [0.05, 0.1) is 0 Å². The van der Waals surface area contributed by atoms with Gasteiger partial charge < -0.3 is 0 Å². The lowest BCUT2D eigenvalue weighted by molar-refractivity contribution is 0.309. The molecule has 1 aliphatic carbocycles. The smallest absolute Gasteiger partial charge is 0.0160 e. The van der Waals surface area contributed by atoms with E-state index in [0.29, 0.717) is 0 Å². The van der Waals surface area contributed by atoms with Crippen molar-refractivity contribution in [3.8, 4) is 0 Å². The Kier molecular flexibility index (Phi) is 3.10. The number of nitrogens with zero attached hydrogens (tertiary/aromatic N) is 1. The van der Waals surface area contributed by atoms with Crippen molar-refractivity contribution in [3.05, 3.63) is 12.7 Å². The van der Waals surface area contributed by atoms with Gasteiger partial charge in [-0.15, -0.1) is 6.58 Å². The van der Waals surface area contributed by atoms with Crippen LogP contribution in [0.5, 0.6) is 0 Å². The lowest BCUT2D eigenvalue weighted by atomic mass is 9.82. The number of fused-ring (bicyclic) bond motifs is 1. The highest BCUT2D eigenvalue weighted by atomic mass is 79.9. The fourth-order valence-electron chi connectivity index (χ4n) is 2.80. The van der Waals surface area contributed by atoms with E-state index in [0.717, 1.165) is 23.2 Å². The molecule has 1 heterocycles. The van der Waals surface area contributed by atoms with Crippen molar-refractivity contribution >= 4 is 15.9 Å². The molecule has 13 heavy (non-hydrogen) atoms. The van der Waals surface area contributed by atoms with E-state index in [2.05, 4.69) is 27.4 Å². The van der Waals surface area contributed by atoms with Gasteiger partial charge in [0, 0.05) is 24.5 Å². The predicted octanol–water partition coefficient (Wildman–Crippen LogP) is 2.67. The van der Waals surface area contributed by atoms with Crippen molar-refractivity contribution in [2.24, 2.45) is 11.8 Å². The first-order valence-corrected chi connectivity index (χ1v) is 6.18. The van der Waals surface area contributed by atoms with Gasteiger partial charge in [-0.05, 0) is 31.1 Å². The fourth-order valence-corrected chi connectivity index (χ4v) is 3.55. The molecule has 2 aliphatic rings. The third-order valence-electron chi connectivity index (χ3n) is 3.45. The third kappa shape index (κ3) is 2.16. The van der Waals surface area contributed by atoms with Crippen LogP contribution in [0, 0.1) is 11.8 Å². The van der Waals surface area contributed by atoms with Crippen molar-refractivity contribution < 1.29 is 0 Å². The molecule has 0 aromatic rings. The van der Waals surface area contributed by atoms with Gasteiger partial charge in [0.25, 0.3) is 0 Å². The number of rotatable bonds is 2. The monoisotopic (exact) mass is 243 g/mol. The second-order valence-electron chi connectivity index (χ2n) is 4.44. The number of halogens is 1. The summed E-state index contributed by atoms with van der Waals surface area (Å²) in [4.78, 5) is 3.34. The Hall–Kier alpha value is 0.180. The van der Waals surface area contributed by atoms with E-state index < -0.39 is 0 Å². The van der Waals surface area contributed by atoms with Crippen molar-refractivity contribution in [2.45, 2.75) is 24.1 Å². The number of alkyl halides is 1. The molecule has 0 N–H and O–H groups in total. The minimum atomic E-state index is 0.789. The molecule has 1 saturated carbocycles. The highest BCUT2D eigenvalue weighted by Gasteiger charge is 2.36. The van der Waals surface area contributed by atoms with Gasteiger partial charge in [-0.3, -0.25) is 4.90 Å². The molecule has 3 atom stereocenters. The van der Waals surface area contributed by atoms with E-state index in [4.69, 9.17) is 0 Å². The molecule has 0 spiro atoms. The van der Waals surface area contributed by atoms with Gasteiger partial charge >= 0.3 is 0 Å². The van der Waals surface area contributed by atoms with Gasteiger partial charge in [0.2, 0.25) is 0 Å². The van der Waals surface area contributed by atoms with Crippen LogP contribution in [0.3, 0.4) is 0 Å². The molecule has 2 heteroatoms. The summed E-state index contributed by atoms with van der Waals surface area (Å²) < 4.78 is 0. The van der Waals surface area contributed by atoms with Crippen LogP contribution in [0.2, 0.25) is 0 Å². The Morgan fingerprint density at radius 3 is 2.85 bits per heavy atom. The van der Waals surface area contributed by atoms with Crippen LogP contribution >= 0.6 is 15.9 Å². The molecule has 0 aromatic heterocycles. The normalized spacial score (nSPS) is 40.2. The van der Waals surface area contributed by atoms with Crippen LogP contribution in [0.25, 0.3) is 0 Å². The molecule has 2 rings (SSSR count). The summed E-state index contributed by atoms with van der Waals surface area (Å²) in [7, 11) is 0. The fraction of sp³-hybridized carbons (Fsp3) is 0.818. The van der Waals surface area contributed by atoms with E-state index in [-0.39, 0.29) is 0 Å². The van der Waals surface area contributed by atoms with Crippen LogP contribution in [-0.2, 0) is 0 Å². The first-order valence-electron chi connectivity index (χ1n) is 5.27. The first kappa shape index (κ1) is 9.72. The van der Waals surface area contributed by atoms with Crippen molar-refractivity contribution in [1.82, 2.24) is 4.90 Å². The van der Waals surface area contributed by atoms with Crippen molar-refractivity contribution in [2.75, 3.05) is 19.6 Å². The molecule has 74 valence electrons. The SMILES string of the molecule is C=CCN1CC2CCC(Br)CC2C1.